The van der Waals surface area contributed by atoms with Gasteiger partial charge in [-0.2, -0.15) is 0 Å². The molecule has 0 bridgehead atoms. The molecule has 5 nitrogen and oxygen atoms in total. The van der Waals surface area contributed by atoms with Crippen LogP contribution in [0.4, 0.5) is 10.3 Å². The molecule has 2 fully saturated rings. The summed E-state index contributed by atoms with van der Waals surface area (Å²) >= 11 is 0. The average molecular weight is 449 g/mol. The van der Waals surface area contributed by atoms with Crippen molar-refractivity contribution >= 4 is 22.9 Å². The molecule has 1 aliphatic heterocycles. The van der Waals surface area contributed by atoms with Crippen molar-refractivity contribution in [1.82, 2.24) is 14.9 Å². The average Bonchev–Trinajstić information content (AvgIpc) is 3.20. The van der Waals surface area contributed by atoms with Crippen molar-refractivity contribution in [1.29, 1.82) is 0 Å². The van der Waals surface area contributed by atoms with Crippen LogP contribution < -0.4 is 10.2 Å². The predicted molar refractivity (Wildman–Crippen MR) is 130 cm³/mol. The van der Waals surface area contributed by atoms with E-state index in [0.717, 1.165) is 67.2 Å². The largest absolute Gasteiger partial charge is 0.353 e. The summed E-state index contributed by atoms with van der Waals surface area (Å²) in [6.07, 6.45) is 6.34. The first kappa shape index (κ1) is 21.9. The van der Waals surface area contributed by atoms with E-state index in [1.807, 2.05) is 30.3 Å². The zero-order chi connectivity index (χ0) is 22.8. The third-order valence-corrected chi connectivity index (χ3v) is 7.40. The Morgan fingerprint density at radius 1 is 1.00 bits per heavy atom. The zero-order valence-electron chi connectivity index (χ0n) is 19.3. The maximum absolute atomic E-state index is 13.4. The fourth-order valence-corrected chi connectivity index (χ4v) is 5.30. The molecule has 0 radical (unpaired) electrons. The Morgan fingerprint density at radius 2 is 1.70 bits per heavy atom. The molecule has 2 aliphatic rings. The van der Waals surface area contributed by atoms with E-state index in [-0.39, 0.29) is 17.6 Å². The van der Waals surface area contributed by atoms with E-state index in [0.29, 0.717) is 12.6 Å². The van der Waals surface area contributed by atoms with Gasteiger partial charge in [-0.25, -0.2) is 9.37 Å². The molecule has 0 unspecified atom stereocenters. The summed E-state index contributed by atoms with van der Waals surface area (Å²) in [6, 6.07) is 15.2. The van der Waals surface area contributed by atoms with Gasteiger partial charge in [0.25, 0.3) is 0 Å². The number of benzene rings is 2. The van der Waals surface area contributed by atoms with E-state index in [9.17, 15) is 9.18 Å². The molecule has 1 aliphatic carbocycles. The molecule has 6 heteroatoms. The number of halogens is 1. The number of imidazole rings is 1. The van der Waals surface area contributed by atoms with Gasteiger partial charge in [-0.1, -0.05) is 31.2 Å². The van der Waals surface area contributed by atoms with Gasteiger partial charge < -0.3 is 14.8 Å². The second-order valence-electron chi connectivity index (χ2n) is 9.84. The summed E-state index contributed by atoms with van der Waals surface area (Å²) < 4.78 is 15.6. The molecule has 1 N–H and O–H groups in total. The number of nitrogens with zero attached hydrogens (tertiary/aromatic N) is 3. The Labute approximate surface area is 195 Å². The number of amides is 1. The summed E-state index contributed by atoms with van der Waals surface area (Å²) in [7, 11) is 0. The molecule has 2 heterocycles. The lowest BCUT2D eigenvalue weighted by Gasteiger charge is -2.34. The molecule has 1 saturated heterocycles. The van der Waals surface area contributed by atoms with Gasteiger partial charge in [-0.3, -0.25) is 4.79 Å². The molecule has 1 saturated carbocycles. The summed E-state index contributed by atoms with van der Waals surface area (Å²) in [5.74, 6) is 1.80. The lowest BCUT2D eigenvalue weighted by molar-refractivity contribution is -0.126. The van der Waals surface area contributed by atoms with Gasteiger partial charge in [0.15, 0.2) is 0 Å². The lowest BCUT2D eigenvalue weighted by Crippen LogP contribution is -2.45. The van der Waals surface area contributed by atoms with Crippen LogP contribution in [0.5, 0.6) is 0 Å². The van der Waals surface area contributed by atoms with Crippen LogP contribution in [0.15, 0.2) is 48.5 Å². The fourth-order valence-electron chi connectivity index (χ4n) is 5.30. The fraction of sp³-hybridized carbons (Fsp3) is 0.481. The number of carbonyl (C=O) groups is 1. The van der Waals surface area contributed by atoms with Crippen LogP contribution in [0.1, 0.15) is 51.0 Å². The number of aromatic nitrogens is 2. The van der Waals surface area contributed by atoms with Crippen LogP contribution in [-0.4, -0.2) is 34.6 Å². The van der Waals surface area contributed by atoms with E-state index < -0.39 is 0 Å². The Kier molecular flexibility index (Phi) is 6.34. The van der Waals surface area contributed by atoms with Crippen molar-refractivity contribution in [2.24, 2.45) is 11.8 Å². The van der Waals surface area contributed by atoms with E-state index in [4.69, 9.17) is 4.98 Å². The minimum absolute atomic E-state index is 0.0792. The highest BCUT2D eigenvalue weighted by Gasteiger charge is 2.29. The highest BCUT2D eigenvalue weighted by molar-refractivity contribution is 5.80. The van der Waals surface area contributed by atoms with Gasteiger partial charge in [-0.05, 0) is 74.3 Å². The molecule has 0 atom stereocenters. The maximum atomic E-state index is 13.4. The SMILES string of the molecule is CC1CCC(NC(=O)C2CCN(c3nc4ccccc4n3Cc3ccc(F)cc3)CC2)CC1. The van der Waals surface area contributed by atoms with Crippen LogP contribution in [0.25, 0.3) is 11.0 Å². The molecule has 2 aromatic carbocycles. The van der Waals surface area contributed by atoms with Crippen molar-refractivity contribution < 1.29 is 9.18 Å². The molecule has 33 heavy (non-hydrogen) atoms. The van der Waals surface area contributed by atoms with Gasteiger partial charge >= 0.3 is 0 Å². The quantitative estimate of drug-likeness (QED) is 0.588. The summed E-state index contributed by atoms with van der Waals surface area (Å²) in [5, 5.41) is 3.32. The molecule has 1 aromatic heterocycles. The predicted octanol–water partition coefficient (Wildman–Crippen LogP) is 5.14. The van der Waals surface area contributed by atoms with Gasteiger partial charge in [-0.15, -0.1) is 0 Å². The Bertz CT molecular complexity index is 1090. The van der Waals surface area contributed by atoms with E-state index in [1.165, 1.54) is 25.0 Å². The second kappa shape index (κ2) is 9.54. The van der Waals surface area contributed by atoms with Crippen molar-refractivity contribution in [2.75, 3.05) is 18.0 Å². The van der Waals surface area contributed by atoms with Crippen LogP contribution in [0.3, 0.4) is 0 Å². The number of anilines is 1. The molecular weight excluding hydrogens is 415 g/mol. The zero-order valence-corrected chi connectivity index (χ0v) is 19.3. The van der Waals surface area contributed by atoms with Crippen molar-refractivity contribution in [2.45, 2.75) is 58.0 Å². The first-order valence-corrected chi connectivity index (χ1v) is 12.3. The Morgan fingerprint density at radius 3 is 2.42 bits per heavy atom. The van der Waals surface area contributed by atoms with Crippen LogP contribution in [0, 0.1) is 17.7 Å². The van der Waals surface area contributed by atoms with E-state index in [2.05, 4.69) is 27.8 Å². The summed E-state index contributed by atoms with van der Waals surface area (Å²) in [6.45, 7) is 4.56. The molecule has 174 valence electrons. The minimum atomic E-state index is -0.224. The normalized spacial score (nSPS) is 21.9. The summed E-state index contributed by atoms with van der Waals surface area (Å²) in [5.41, 5.74) is 3.07. The number of hydrogen-bond donors (Lipinski definition) is 1. The standard InChI is InChI=1S/C27H33FN4O/c1-19-6-12-23(13-7-19)29-26(33)21-14-16-31(17-15-21)27-30-24-4-2-3-5-25(24)32(27)18-20-8-10-22(28)11-9-20/h2-5,8-11,19,21,23H,6-7,12-18H2,1H3,(H,29,33). The van der Waals surface area contributed by atoms with Crippen LogP contribution >= 0.6 is 0 Å². The van der Waals surface area contributed by atoms with Gasteiger partial charge in [0.2, 0.25) is 11.9 Å². The first-order valence-electron chi connectivity index (χ1n) is 12.3. The monoisotopic (exact) mass is 448 g/mol. The molecule has 0 spiro atoms. The number of hydrogen-bond acceptors (Lipinski definition) is 3. The number of para-hydroxylation sites is 2. The van der Waals surface area contributed by atoms with Gasteiger partial charge in [0.1, 0.15) is 5.82 Å². The van der Waals surface area contributed by atoms with E-state index >= 15 is 0 Å². The lowest BCUT2D eigenvalue weighted by atomic mass is 9.86. The maximum Gasteiger partial charge on any atom is 0.223 e. The van der Waals surface area contributed by atoms with Crippen LogP contribution in [-0.2, 0) is 11.3 Å². The van der Waals surface area contributed by atoms with Crippen molar-refractivity contribution in [3.8, 4) is 0 Å². The third-order valence-electron chi connectivity index (χ3n) is 7.40. The summed E-state index contributed by atoms with van der Waals surface area (Å²) in [4.78, 5) is 20.1. The smallest absolute Gasteiger partial charge is 0.223 e. The third kappa shape index (κ3) is 4.90. The van der Waals surface area contributed by atoms with Crippen molar-refractivity contribution in [3.63, 3.8) is 0 Å². The molecular formula is C27H33FN4O. The number of fused-ring (bicyclic) bond motifs is 1. The number of carbonyl (C=O) groups excluding carboxylic acids is 1. The van der Waals surface area contributed by atoms with E-state index in [1.54, 1.807) is 0 Å². The Hall–Kier alpha value is -2.89. The number of rotatable bonds is 5. The number of nitrogens with one attached hydrogen (secondary N) is 1. The first-order chi connectivity index (χ1) is 16.1. The number of piperidine rings is 1. The molecule has 5 rings (SSSR count). The highest BCUT2D eigenvalue weighted by atomic mass is 19.1. The van der Waals surface area contributed by atoms with Crippen molar-refractivity contribution in [3.05, 3.63) is 59.9 Å². The van der Waals surface area contributed by atoms with Crippen LogP contribution in [0.2, 0.25) is 0 Å². The van der Waals surface area contributed by atoms with Gasteiger partial charge in [0.05, 0.1) is 17.6 Å². The molecule has 3 aromatic rings. The molecule has 1 amide bonds. The minimum Gasteiger partial charge on any atom is -0.353 e. The van der Waals surface area contributed by atoms with Gasteiger partial charge in [0, 0.05) is 25.0 Å². The second-order valence-corrected chi connectivity index (χ2v) is 9.84. The Balaban J connectivity index is 1.28. The highest BCUT2D eigenvalue weighted by Crippen LogP contribution is 2.29. The topological polar surface area (TPSA) is 50.2 Å².